The van der Waals surface area contributed by atoms with Crippen molar-refractivity contribution in [3.63, 3.8) is 0 Å². The van der Waals surface area contributed by atoms with E-state index in [1.807, 2.05) is 42.5 Å². The Morgan fingerprint density at radius 3 is 2.52 bits per heavy atom. The molecule has 8 heteroatoms. The van der Waals surface area contributed by atoms with Gasteiger partial charge in [0, 0.05) is 50.6 Å². The Labute approximate surface area is 192 Å². The Bertz CT molecular complexity index is 1110. The van der Waals surface area contributed by atoms with Crippen LogP contribution in [-0.2, 0) is 16.1 Å². The van der Waals surface area contributed by atoms with E-state index in [1.54, 1.807) is 11.0 Å². The quantitative estimate of drug-likeness (QED) is 0.467. The average molecular weight is 446 g/mol. The van der Waals surface area contributed by atoms with Crippen LogP contribution in [0.5, 0.6) is 0 Å². The summed E-state index contributed by atoms with van der Waals surface area (Å²) >= 11 is 0. The molecular weight excluding hydrogens is 418 g/mol. The van der Waals surface area contributed by atoms with Crippen LogP contribution in [0.15, 0.2) is 66.9 Å². The molecule has 1 fully saturated rings. The average Bonchev–Trinajstić information content (AvgIpc) is 2.79. The lowest BCUT2D eigenvalue weighted by molar-refractivity contribution is -0.139. The van der Waals surface area contributed by atoms with Gasteiger partial charge in [0.1, 0.15) is 12.4 Å². The van der Waals surface area contributed by atoms with Crippen molar-refractivity contribution >= 4 is 29.0 Å². The largest absolute Gasteiger partial charge is 0.380 e. The Morgan fingerprint density at radius 1 is 1.12 bits per heavy atom. The molecule has 0 aliphatic carbocycles. The fraction of sp³-hybridized carbons (Fsp3) is 0.240. The van der Waals surface area contributed by atoms with E-state index in [1.165, 1.54) is 18.9 Å². The van der Waals surface area contributed by atoms with Crippen molar-refractivity contribution < 1.29 is 14.3 Å². The molecule has 33 heavy (non-hydrogen) atoms. The van der Waals surface area contributed by atoms with E-state index in [4.69, 9.17) is 10.5 Å². The summed E-state index contributed by atoms with van der Waals surface area (Å²) in [5, 5.41) is 6.55. The summed E-state index contributed by atoms with van der Waals surface area (Å²) in [6.45, 7) is 2.10. The maximum absolute atomic E-state index is 11.8. The molecule has 0 saturated carbocycles. The molecule has 3 aromatic rings. The molecule has 4 rings (SSSR count). The summed E-state index contributed by atoms with van der Waals surface area (Å²) in [4.78, 5) is 29.8. The lowest BCUT2D eigenvalue weighted by Crippen LogP contribution is -2.49. The molecule has 8 nitrogen and oxygen atoms in total. The minimum atomic E-state index is -0.535. The van der Waals surface area contributed by atoms with Crippen molar-refractivity contribution in [3.05, 3.63) is 83.6 Å². The van der Waals surface area contributed by atoms with Crippen molar-refractivity contribution in [2.75, 3.05) is 37.4 Å². The van der Waals surface area contributed by atoms with Gasteiger partial charge in [0.15, 0.2) is 0 Å². The predicted molar refractivity (Wildman–Crippen MR) is 127 cm³/mol. The zero-order valence-electron chi connectivity index (χ0n) is 18.5. The monoisotopic (exact) mass is 445 g/mol. The van der Waals surface area contributed by atoms with Gasteiger partial charge in [0.25, 0.3) is 5.91 Å². The van der Waals surface area contributed by atoms with E-state index >= 15 is 0 Å². The number of carbonyl (C=O) groups is 2. The molecule has 0 unspecified atom stereocenters. The number of hydrogen-bond donors (Lipinski definition) is 3. The van der Waals surface area contributed by atoms with Crippen LogP contribution < -0.4 is 16.4 Å². The smallest absolute Gasteiger partial charge is 0.252 e. The van der Waals surface area contributed by atoms with Gasteiger partial charge in [-0.1, -0.05) is 42.5 Å². The molecule has 1 aliphatic heterocycles. The topological polar surface area (TPSA) is 110 Å². The maximum atomic E-state index is 11.8. The number of aromatic nitrogens is 1. The van der Waals surface area contributed by atoms with Crippen LogP contribution >= 0.6 is 0 Å². The Kier molecular flexibility index (Phi) is 6.85. The van der Waals surface area contributed by atoms with Gasteiger partial charge >= 0.3 is 0 Å². The summed E-state index contributed by atoms with van der Waals surface area (Å²) < 4.78 is 4.90. The summed E-state index contributed by atoms with van der Waals surface area (Å²) in [6, 6.07) is 19.8. The molecule has 0 spiro atoms. The number of nitrogens with two attached hydrogens (primary N) is 1. The van der Waals surface area contributed by atoms with Gasteiger partial charge in [0.05, 0.1) is 11.3 Å². The van der Waals surface area contributed by atoms with Gasteiger partial charge in [-0.15, -0.1) is 0 Å². The van der Waals surface area contributed by atoms with Gasteiger partial charge in [-0.3, -0.25) is 9.59 Å². The van der Waals surface area contributed by atoms with Crippen LogP contribution in [0.4, 0.5) is 17.2 Å². The number of rotatable bonds is 9. The van der Waals surface area contributed by atoms with E-state index < -0.39 is 5.91 Å². The first-order valence-electron chi connectivity index (χ1n) is 10.7. The van der Waals surface area contributed by atoms with Crippen LogP contribution in [0.2, 0.25) is 0 Å². The summed E-state index contributed by atoms with van der Waals surface area (Å²) in [6.07, 6.45) is 1.48. The van der Waals surface area contributed by atoms with Crippen LogP contribution in [-0.4, -0.2) is 48.5 Å². The fourth-order valence-corrected chi connectivity index (χ4v) is 3.75. The third-order valence-electron chi connectivity index (χ3n) is 5.65. The lowest BCUT2D eigenvalue weighted by Gasteiger charge is -2.39. The van der Waals surface area contributed by atoms with Gasteiger partial charge in [-0.25, -0.2) is 4.98 Å². The number of primary amides is 1. The van der Waals surface area contributed by atoms with Crippen LogP contribution in [0.25, 0.3) is 0 Å². The second-order valence-electron chi connectivity index (χ2n) is 7.99. The maximum Gasteiger partial charge on any atom is 0.252 e. The van der Waals surface area contributed by atoms with Crippen molar-refractivity contribution in [3.8, 4) is 0 Å². The number of ether oxygens (including phenoxy) is 1. The standard InChI is InChI=1S/C25H27N5O3/c1-33-16-24(31)30-14-19(15-30)18-7-9-20(10-8-18)29-23-11-22(21(13-28-23)25(26)32)27-12-17-5-3-2-4-6-17/h2-11,13,19H,12,14-16H2,1H3,(H2,26,32)(H2,27,28,29). The second-order valence-corrected chi connectivity index (χ2v) is 7.99. The Morgan fingerprint density at radius 2 is 1.85 bits per heavy atom. The first-order chi connectivity index (χ1) is 16.0. The number of nitrogens with zero attached hydrogens (tertiary/aromatic N) is 2. The molecule has 0 bridgehead atoms. The van der Waals surface area contributed by atoms with E-state index in [0.29, 0.717) is 42.6 Å². The number of hydrogen-bond acceptors (Lipinski definition) is 6. The molecule has 4 N–H and O–H groups in total. The number of pyridine rings is 1. The number of benzene rings is 2. The highest BCUT2D eigenvalue weighted by atomic mass is 16.5. The van der Waals surface area contributed by atoms with Crippen molar-refractivity contribution in [2.24, 2.45) is 5.73 Å². The van der Waals surface area contributed by atoms with Crippen LogP contribution in [0.1, 0.15) is 27.4 Å². The third kappa shape index (κ3) is 5.48. The summed E-state index contributed by atoms with van der Waals surface area (Å²) in [5.74, 6) is 0.423. The van der Waals surface area contributed by atoms with Crippen molar-refractivity contribution in [1.82, 2.24) is 9.88 Å². The Hall–Kier alpha value is -3.91. The predicted octanol–water partition coefficient (Wildman–Crippen LogP) is 3.11. The number of amides is 2. The van der Waals surface area contributed by atoms with E-state index in [2.05, 4.69) is 27.8 Å². The highest BCUT2D eigenvalue weighted by molar-refractivity contribution is 5.98. The van der Waals surface area contributed by atoms with Gasteiger partial charge in [-0.05, 0) is 23.3 Å². The molecule has 2 heterocycles. The Balaban J connectivity index is 1.40. The van der Waals surface area contributed by atoms with Crippen LogP contribution in [0, 0.1) is 0 Å². The number of anilines is 3. The molecule has 1 aromatic heterocycles. The van der Waals surface area contributed by atoms with Crippen LogP contribution in [0.3, 0.4) is 0 Å². The first-order valence-corrected chi connectivity index (χ1v) is 10.7. The highest BCUT2D eigenvalue weighted by Gasteiger charge is 2.31. The van der Waals surface area contributed by atoms with E-state index in [-0.39, 0.29) is 12.5 Å². The molecule has 1 aliphatic rings. The number of methoxy groups -OCH3 is 1. The molecular formula is C25H27N5O3. The SMILES string of the molecule is COCC(=O)N1CC(c2ccc(Nc3cc(NCc4ccccc4)c(C(N)=O)cn3)cc2)C1. The van der Waals surface area contributed by atoms with Crippen molar-refractivity contribution in [1.29, 1.82) is 0 Å². The minimum absolute atomic E-state index is 0.0224. The second kappa shape index (κ2) is 10.1. The molecule has 2 aromatic carbocycles. The molecule has 0 radical (unpaired) electrons. The summed E-state index contributed by atoms with van der Waals surface area (Å²) in [5.41, 5.74) is 9.63. The number of nitrogens with one attached hydrogen (secondary N) is 2. The molecule has 170 valence electrons. The molecule has 2 amide bonds. The molecule has 1 saturated heterocycles. The van der Waals surface area contributed by atoms with Gasteiger partial charge in [0.2, 0.25) is 5.91 Å². The summed E-state index contributed by atoms with van der Waals surface area (Å²) in [7, 11) is 1.53. The zero-order valence-corrected chi connectivity index (χ0v) is 18.5. The molecule has 0 atom stereocenters. The van der Waals surface area contributed by atoms with E-state index in [9.17, 15) is 9.59 Å². The highest BCUT2D eigenvalue weighted by Crippen LogP contribution is 2.29. The van der Waals surface area contributed by atoms with Gasteiger partial charge in [-0.2, -0.15) is 0 Å². The lowest BCUT2D eigenvalue weighted by atomic mass is 9.91. The zero-order chi connectivity index (χ0) is 23.2. The normalized spacial score (nSPS) is 13.3. The number of carbonyl (C=O) groups excluding carboxylic acids is 2. The third-order valence-corrected chi connectivity index (χ3v) is 5.65. The first kappa shape index (κ1) is 22.3. The van der Waals surface area contributed by atoms with E-state index in [0.717, 1.165) is 11.3 Å². The van der Waals surface area contributed by atoms with Gasteiger partial charge < -0.3 is 26.0 Å². The van der Waals surface area contributed by atoms with Crippen molar-refractivity contribution in [2.45, 2.75) is 12.5 Å². The number of likely N-dealkylation sites (tertiary alicyclic amines) is 1. The minimum Gasteiger partial charge on any atom is -0.380 e. The fourth-order valence-electron chi connectivity index (χ4n) is 3.75.